The molecule has 1 heterocycles. The zero-order valence-electron chi connectivity index (χ0n) is 11.7. The number of benzene rings is 1. The lowest BCUT2D eigenvalue weighted by molar-refractivity contribution is 0.0663. The smallest absolute Gasteiger partial charge is 0.125 e. The molecule has 1 unspecified atom stereocenters. The van der Waals surface area contributed by atoms with E-state index in [4.69, 9.17) is 4.74 Å². The monoisotopic (exact) mass is 245 g/mol. The highest BCUT2D eigenvalue weighted by Gasteiger charge is 2.34. The van der Waals surface area contributed by atoms with Crippen LogP contribution in [0.1, 0.15) is 56.3 Å². The normalized spacial score (nSPS) is 24.3. The fraction of sp³-hybridized carbons (Fsp3) is 0.625. The molecule has 0 radical (unpaired) electrons. The summed E-state index contributed by atoms with van der Waals surface area (Å²) >= 11 is 0. The summed E-state index contributed by atoms with van der Waals surface area (Å²) in [5, 5.41) is 3.61. The lowest BCUT2D eigenvalue weighted by Crippen LogP contribution is -2.39. The van der Waals surface area contributed by atoms with Crippen LogP contribution in [0.3, 0.4) is 0 Å². The summed E-state index contributed by atoms with van der Waals surface area (Å²) in [5.74, 6) is 1.11. The Kier molecular flexibility index (Phi) is 2.86. The minimum Gasteiger partial charge on any atom is -0.487 e. The maximum atomic E-state index is 6.18. The van der Waals surface area contributed by atoms with Crippen LogP contribution < -0.4 is 10.1 Å². The molecule has 98 valence electrons. The van der Waals surface area contributed by atoms with E-state index in [-0.39, 0.29) is 5.60 Å². The quantitative estimate of drug-likeness (QED) is 0.862. The van der Waals surface area contributed by atoms with Crippen molar-refractivity contribution in [2.45, 2.75) is 58.1 Å². The van der Waals surface area contributed by atoms with Crippen molar-refractivity contribution in [3.05, 3.63) is 28.8 Å². The molecular weight excluding hydrogens is 222 g/mol. The number of nitrogens with one attached hydrogen (secondary N) is 1. The van der Waals surface area contributed by atoms with Gasteiger partial charge in [0.05, 0.1) is 0 Å². The summed E-state index contributed by atoms with van der Waals surface area (Å²) in [6, 6.07) is 5.13. The molecule has 0 aromatic heterocycles. The Hall–Kier alpha value is -1.02. The first-order valence-electron chi connectivity index (χ1n) is 7.17. The number of hydrogen-bond acceptors (Lipinski definition) is 2. The average molecular weight is 245 g/mol. The predicted octanol–water partition coefficient (Wildman–Crippen LogP) is 3.39. The highest BCUT2D eigenvalue weighted by molar-refractivity contribution is 5.47. The summed E-state index contributed by atoms with van der Waals surface area (Å²) in [6.45, 7) is 7.56. The summed E-state index contributed by atoms with van der Waals surface area (Å²) < 4.78 is 6.18. The van der Waals surface area contributed by atoms with Crippen LogP contribution in [0.4, 0.5) is 0 Å². The number of rotatable bonds is 2. The first kappa shape index (κ1) is 12.0. The summed E-state index contributed by atoms with van der Waals surface area (Å²) in [6.07, 6.45) is 4.81. The van der Waals surface area contributed by atoms with Crippen molar-refractivity contribution in [2.24, 2.45) is 0 Å². The Morgan fingerprint density at radius 3 is 2.72 bits per heavy atom. The van der Waals surface area contributed by atoms with E-state index < -0.39 is 0 Å². The van der Waals surface area contributed by atoms with Crippen molar-refractivity contribution in [3.8, 4) is 5.75 Å². The van der Waals surface area contributed by atoms with E-state index in [0.717, 1.165) is 18.7 Å². The van der Waals surface area contributed by atoms with Gasteiger partial charge < -0.3 is 10.1 Å². The highest BCUT2D eigenvalue weighted by Crippen LogP contribution is 2.42. The third-order valence-electron chi connectivity index (χ3n) is 4.13. The minimum atomic E-state index is -0.0628. The van der Waals surface area contributed by atoms with Crippen LogP contribution in [0.25, 0.3) is 0 Å². The highest BCUT2D eigenvalue weighted by atomic mass is 16.5. The van der Waals surface area contributed by atoms with Crippen molar-refractivity contribution < 1.29 is 4.74 Å². The number of fused-ring (bicyclic) bond motifs is 2. The average Bonchev–Trinajstić information content (AvgIpc) is 2.72. The van der Waals surface area contributed by atoms with Crippen LogP contribution in [0.5, 0.6) is 5.75 Å². The van der Waals surface area contributed by atoms with Crippen molar-refractivity contribution >= 4 is 0 Å². The predicted molar refractivity (Wildman–Crippen MR) is 74.2 cm³/mol. The fourth-order valence-corrected chi connectivity index (χ4v) is 3.35. The maximum Gasteiger partial charge on any atom is 0.125 e. The van der Waals surface area contributed by atoms with Crippen molar-refractivity contribution in [1.82, 2.24) is 5.32 Å². The van der Waals surface area contributed by atoms with Crippen LogP contribution in [0.2, 0.25) is 0 Å². The second-order valence-electron chi connectivity index (χ2n) is 6.19. The fourth-order valence-electron chi connectivity index (χ4n) is 3.35. The second kappa shape index (κ2) is 4.27. The Morgan fingerprint density at radius 2 is 2.00 bits per heavy atom. The maximum absolute atomic E-state index is 6.18. The van der Waals surface area contributed by atoms with E-state index in [0.29, 0.717) is 6.04 Å². The van der Waals surface area contributed by atoms with E-state index in [1.807, 2.05) is 0 Å². The zero-order valence-corrected chi connectivity index (χ0v) is 11.7. The van der Waals surface area contributed by atoms with Crippen molar-refractivity contribution in [3.63, 3.8) is 0 Å². The molecular formula is C16H23NO. The molecule has 1 N–H and O–H groups in total. The number of ether oxygens (including phenoxy) is 1. The minimum absolute atomic E-state index is 0.0628. The number of aryl methyl sites for hydroxylation is 2. The van der Waals surface area contributed by atoms with Crippen LogP contribution in [-0.2, 0) is 12.8 Å². The van der Waals surface area contributed by atoms with Crippen molar-refractivity contribution in [1.29, 1.82) is 0 Å². The standard InChI is InChI=1S/C16H23NO/c1-4-17-14-10-16(2,3)18-15-9-12-7-5-6-11(12)8-13(14)15/h8-9,14,17H,4-7,10H2,1-3H3. The van der Waals surface area contributed by atoms with E-state index >= 15 is 0 Å². The van der Waals surface area contributed by atoms with E-state index in [2.05, 4.69) is 38.2 Å². The molecule has 0 bridgehead atoms. The topological polar surface area (TPSA) is 21.3 Å². The van der Waals surface area contributed by atoms with Gasteiger partial charge in [0.1, 0.15) is 11.4 Å². The molecule has 2 aliphatic rings. The van der Waals surface area contributed by atoms with Gasteiger partial charge in [0.15, 0.2) is 0 Å². The van der Waals surface area contributed by atoms with Gasteiger partial charge in [0.2, 0.25) is 0 Å². The third-order valence-corrected chi connectivity index (χ3v) is 4.13. The molecule has 0 saturated carbocycles. The number of hydrogen-bond donors (Lipinski definition) is 1. The van der Waals surface area contributed by atoms with Crippen LogP contribution in [0, 0.1) is 0 Å². The van der Waals surface area contributed by atoms with Gasteiger partial charge in [-0.1, -0.05) is 13.0 Å². The molecule has 1 aromatic rings. The summed E-state index contributed by atoms with van der Waals surface area (Å²) in [7, 11) is 0. The van der Waals surface area contributed by atoms with Gasteiger partial charge in [0, 0.05) is 18.0 Å². The van der Waals surface area contributed by atoms with Crippen LogP contribution >= 0.6 is 0 Å². The van der Waals surface area contributed by atoms with Gasteiger partial charge in [-0.15, -0.1) is 0 Å². The Bertz CT molecular complexity index is 464. The molecule has 1 atom stereocenters. The lowest BCUT2D eigenvalue weighted by atomic mass is 9.88. The molecule has 2 heteroatoms. The molecule has 2 nitrogen and oxygen atoms in total. The van der Waals surface area contributed by atoms with Gasteiger partial charge in [-0.05, 0) is 56.8 Å². The lowest BCUT2D eigenvalue weighted by Gasteiger charge is -2.38. The summed E-state index contributed by atoms with van der Waals surface area (Å²) in [5.41, 5.74) is 4.35. The molecule has 1 aliphatic heterocycles. The van der Waals surface area contributed by atoms with Crippen molar-refractivity contribution in [2.75, 3.05) is 6.54 Å². The Balaban J connectivity index is 2.03. The second-order valence-corrected chi connectivity index (χ2v) is 6.19. The first-order valence-corrected chi connectivity index (χ1v) is 7.17. The first-order chi connectivity index (χ1) is 8.59. The van der Waals surface area contributed by atoms with Gasteiger partial charge in [-0.2, -0.15) is 0 Å². The van der Waals surface area contributed by atoms with Crippen LogP contribution in [-0.4, -0.2) is 12.1 Å². The Morgan fingerprint density at radius 1 is 1.28 bits per heavy atom. The van der Waals surface area contributed by atoms with Gasteiger partial charge >= 0.3 is 0 Å². The van der Waals surface area contributed by atoms with Gasteiger partial charge in [-0.3, -0.25) is 0 Å². The molecule has 1 aromatic carbocycles. The molecule has 0 spiro atoms. The largest absolute Gasteiger partial charge is 0.487 e. The van der Waals surface area contributed by atoms with E-state index in [1.165, 1.54) is 30.4 Å². The molecule has 1 aliphatic carbocycles. The van der Waals surface area contributed by atoms with Gasteiger partial charge in [-0.25, -0.2) is 0 Å². The Labute approximate surface area is 110 Å². The van der Waals surface area contributed by atoms with Crippen LogP contribution in [0.15, 0.2) is 12.1 Å². The molecule has 0 saturated heterocycles. The molecule has 18 heavy (non-hydrogen) atoms. The van der Waals surface area contributed by atoms with E-state index in [9.17, 15) is 0 Å². The summed E-state index contributed by atoms with van der Waals surface area (Å²) in [4.78, 5) is 0. The molecule has 0 amide bonds. The molecule has 0 fully saturated rings. The van der Waals surface area contributed by atoms with Gasteiger partial charge in [0.25, 0.3) is 0 Å². The third kappa shape index (κ3) is 2.03. The van der Waals surface area contributed by atoms with E-state index in [1.54, 1.807) is 5.56 Å². The SMILES string of the molecule is CCNC1CC(C)(C)Oc2cc3c(cc21)CCC3. The molecule has 3 rings (SSSR count). The zero-order chi connectivity index (χ0) is 12.8.